The highest BCUT2D eigenvalue weighted by Crippen LogP contribution is 2.37. The fourth-order valence-electron chi connectivity index (χ4n) is 1.87. The van der Waals surface area contributed by atoms with E-state index in [0.717, 1.165) is 6.42 Å². The number of nitrogens with one attached hydrogen (secondary N) is 1. The summed E-state index contributed by atoms with van der Waals surface area (Å²) in [5.74, 6) is -0.0363. The molecule has 0 aromatic heterocycles. The van der Waals surface area contributed by atoms with Crippen LogP contribution >= 0.6 is 0 Å². The molecular formula is C13H14F3NO2. The molecule has 0 saturated heterocycles. The second-order valence-electron chi connectivity index (χ2n) is 4.69. The zero-order valence-corrected chi connectivity index (χ0v) is 10.3. The Balaban J connectivity index is 1.97. The smallest absolute Gasteiger partial charge is 0.405 e. The molecule has 6 heteroatoms. The van der Waals surface area contributed by atoms with Gasteiger partial charge in [-0.1, -0.05) is 25.1 Å². The molecule has 2 atom stereocenters. The Morgan fingerprint density at radius 2 is 2.05 bits per heavy atom. The Bertz CT molecular complexity index is 473. The quantitative estimate of drug-likeness (QED) is 0.916. The van der Waals surface area contributed by atoms with E-state index in [1.807, 2.05) is 6.92 Å². The van der Waals surface area contributed by atoms with Gasteiger partial charge in [0.15, 0.2) is 0 Å². The highest BCUT2D eigenvalue weighted by Gasteiger charge is 2.39. The van der Waals surface area contributed by atoms with Gasteiger partial charge in [-0.2, -0.15) is 0 Å². The topological polar surface area (TPSA) is 38.3 Å². The predicted octanol–water partition coefficient (Wildman–Crippen LogP) is 2.86. The lowest BCUT2D eigenvalue weighted by Gasteiger charge is -2.13. The Morgan fingerprint density at radius 1 is 1.42 bits per heavy atom. The number of amides is 1. The van der Waals surface area contributed by atoms with Crippen LogP contribution in [-0.2, 0) is 11.3 Å². The molecule has 0 aliphatic heterocycles. The molecule has 0 unspecified atom stereocenters. The van der Waals surface area contributed by atoms with E-state index >= 15 is 0 Å². The Hall–Kier alpha value is -1.72. The lowest BCUT2D eigenvalue weighted by molar-refractivity contribution is -0.274. The van der Waals surface area contributed by atoms with E-state index < -0.39 is 6.36 Å². The van der Waals surface area contributed by atoms with Crippen molar-refractivity contribution in [2.75, 3.05) is 0 Å². The summed E-state index contributed by atoms with van der Waals surface area (Å²) in [6.45, 7) is 2.00. The van der Waals surface area contributed by atoms with Crippen LogP contribution < -0.4 is 10.1 Å². The first-order valence-electron chi connectivity index (χ1n) is 5.98. The van der Waals surface area contributed by atoms with Crippen molar-refractivity contribution in [3.8, 4) is 5.75 Å². The van der Waals surface area contributed by atoms with E-state index in [2.05, 4.69) is 10.1 Å². The zero-order valence-electron chi connectivity index (χ0n) is 10.3. The molecule has 1 aromatic rings. The molecule has 1 aliphatic carbocycles. The maximum atomic E-state index is 12.2. The molecule has 1 aromatic carbocycles. The second-order valence-corrected chi connectivity index (χ2v) is 4.69. The van der Waals surface area contributed by atoms with Gasteiger partial charge in [0.2, 0.25) is 5.91 Å². The monoisotopic (exact) mass is 273 g/mol. The predicted molar refractivity (Wildman–Crippen MR) is 62.2 cm³/mol. The molecule has 0 bridgehead atoms. The zero-order chi connectivity index (χ0) is 14.0. The summed E-state index contributed by atoms with van der Waals surface area (Å²) in [6, 6.07) is 5.78. The number of carbonyl (C=O) groups is 1. The molecule has 1 amide bonds. The average Bonchev–Trinajstić information content (AvgIpc) is 3.03. The summed E-state index contributed by atoms with van der Waals surface area (Å²) in [5.41, 5.74) is 0.307. The van der Waals surface area contributed by atoms with Crippen LogP contribution in [-0.4, -0.2) is 12.3 Å². The number of halogens is 3. The molecule has 19 heavy (non-hydrogen) atoms. The molecular weight excluding hydrogens is 259 g/mol. The van der Waals surface area contributed by atoms with E-state index in [9.17, 15) is 18.0 Å². The van der Waals surface area contributed by atoms with Crippen molar-refractivity contribution in [2.24, 2.45) is 11.8 Å². The molecule has 0 radical (unpaired) electrons. The van der Waals surface area contributed by atoms with Crippen LogP contribution in [0, 0.1) is 11.8 Å². The van der Waals surface area contributed by atoms with Crippen molar-refractivity contribution >= 4 is 5.91 Å². The van der Waals surface area contributed by atoms with E-state index in [4.69, 9.17) is 0 Å². The van der Waals surface area contributed by atoms with Crippen molar-refractivity contribution in [3.63, 3.8) is 0 Å². The molecule has 3 nitrogen and oxygen atoms in total. The molecule has 1 aliphatic rings. The number of para-hydroxylation sites is 1. The second kappa shape index (κ2) is 5.11. The minimum absolute atomic E-state index is 0.00398. The Labute approximate surface area is 108 Å². The van der Waals surface area contributed by atoms with Crippen LogP contribution in [0.2, 0.25) is 0 Å². The minimum atomic E-state index is -4.73. The number of rotatable bonds is 4. The van der Waals surface area contributed by atoms with Gasteiger partial charge in [-0.25, -0.2) is 0 Å². The van der Waals surface area contributed by atoms with Gasteiger partial charge in [0.25, 0.3) is 0 Å². The summed E-state index contributed by atoms with van der Waals surface area (Å²) in [5, 5.41) is 2.63. The maximum absolute atomic E-state index is 12.2. The number of alkyl halides is 3. The summed E-state index contributed by atoms with van der Waals surface area (Å²) in [4.78, 5) is 11.6. The van der Waals surface area contributed by atoms with Gasteiger partial charge in [-0.3, -0.25) is 4.79 Å². The molecule has 2 rings (SSSR count). The normalized spacial score (nSPS) is 21.9. The van der Waals surface area contributed by atoms with Crippen molar-refractivity contribution in [2.45, 2.75) is 26.3 Å². The Morgan fingerprint density at radius 3 is 2.63 bits per heavy atom. The van der Waals surface area contributed by atoms with E-state index in [1.54, 1.807) is 6.07 Å². The van der Waals surface area contributed by atoms with Crippen LogP contribution in [0.15, 0.2) is 24.3 Å². The summed E-state index contributed by atoms with van der Waals surface area (Å²) in [7, 11) is 0. The Kier molecular flexibility index (Phi) is 3.68. The minimum Gasteiger partial charge on any atom is -0.405 e. The fraction of sp³-hybridized carbons (Fsp3) is 0.462. The highest BCUT2D eigenvalue weighted by molar-refractivity contribution is 5.81. The van der Waals surface area contributed by atoms with Crippen molar-refractivity contribution in [1.82, 2.24) is 5.32 Å². The molecule has 1 fully saturated rings. The highest BCUT2D eigenvalue weighted by atomic mass is 19.4. The van der Waals surface area contributed by atoms with Crippen molar-refractivity contribution in [3.05, 3.63) is 29.8 Å². The van der Waals surface area contributed by atoms with Gasteiger partial charge in [-0.05, 0) is 18.4 Å². The summed E-state index contributed by atoms with van der Waals surface area (Å²) >= 11 is 0. The lowest BCUT2D eigenvalue weighted by Crippen LogP contribution is -2.26. The standard InChI is InChI=1S/C13H14F3NO2/c1-8-6-10(8)12(18)17-7-9-4-2-3-5-11(9)19-13(14,15)16/h2-5,8,10H,6-7H2,1H3,(H,17,18)/t8-,10-/m1/s1. The SMILES string of the molecule is C[C@@H]1C[C@H]1C(=O)NCc1ccccc1OC(F)(F)F. The van der Waals surface area contributed by atoms with Gasteiger partial charge in [0.05, 0.1) is 0 Å². The number of ether oxygens (including phenoxy) is 1. The first-order chi connectivity index (χ1) is 8.87. The van der Waals surface area contributed by atoms with Gasteiger partial charge < -0.3 is 10.1 Å². The first-order valence-corrected chi connectivity index (χ1v) is 5.98. The molecule has 0 heterocycles. The maximum Gasteiger partial charge on any atom is 0.573 e. The average molecular weight is 273 g/mol. The molecule has 1 N–H and O–H groups in total. The van der Waals surface area contributed by atoms with Gasteiger partial charge in [0.1, 0.15) is 5.75 Å². The van der Waals surface area contributed by atoms with Crippen LogP contribution in [0.5, 0.6) is 5.75 Å². The summed E-state index contributed by atoms with van der Waals surface area (Å²) in [6.07, 6.45) is -3.89. The number of carbonyl (C=O) groups excluding carboxylic acids is 1. The van der Waals surface area contributed by atoms with E-state index in [1.165, 1.54) is 18.2 Å². The number of hydrogen-bond donors (Lipinski definition) is 1. The van der Waals surface area contributed by atoms with E-state index in [0.29, 0.717) is 11.5 Å². The number of hydrogen-bond acceptors (Lipinski definition) is 2. The first kappa shape index (κ1) is 13.7. The third kappa shape index (κ3) is 3.87. The van der Waals surface area contributed by atoms with Crippen LogP contribution in [0.1, 0.15) is 18.9 Å². The molecule has 0 spiro atoms. The van der Waals surface area contributed by atoms with Crippen LogP contribution in [0.3, 0.4) is 0 Å². The fourth-order valence-corrected chi connectivity index (χ4v) is 1.87. The molecule has 104 valence electrons. The number of benzene rings is 1. The van der Waals surface area contributed by atoms with Gasteiger partial charge in [0, 0.05) is 18.0 Å². The van der Waals surface area contributed by atoms with E-state index in [-0.39, 0.29) is 24.1 Å². The largest absolute Gasteiger partial charge is 0.573 e. The third-order valence-corrected chi connectivity index (χ3v) is 3.10. The van der Waals surface area contributed by atoms with Crippen LogP contribution in [0.25, 0.3) is 0 Å². The van der Waals surface area contributed by atoms with Gasteiger partial charge in [-0.15, -0.1) is 13.2 Å². The van der Waals surface area contributed by atoms with Crippen molar-refractivity contribution < 1.29 is 22.7 Å². The lowest BCUT2D eigenvalue weighted by atomic mass is 10.2. The van der Waals surface area contributed by atoms with Crippen molar-refractivity contribution in [1.29, 1.82) is 0 Å². The van der Waals surface area contributed by atoms with Crippen LogP contribution in [0.4, 0.5) is 13.2 Å². The molecule has 1 saturated carbocycles. The third-order valence-electron chi connectivity index (χ3n) is 3.10. The summed E-state index contributed by atoms with van der Waals surface area (Å²) < 4.78 is 40.5. The van der Waals surface area contributed by atoms with Gasteiger partial charge >= 0.3 is 6.36 Å².